The van der Waals surface area contributed by atoms with Gasteiger partial charge in [0.05, 0.1) is 23.2 Å². The Hall–Kier alpha value is -2.43. The molecule has 1 aliphatic heterocycles. The van der Waals surface area contributed by atoms with Crippen molar-refractivity contribution in [2.24, 2.45) is 0 Å². The van der Waals surface area contributed by atoms with E-state index in [1.54, 1.807) is 35.9 Å². The first-order valence-corrected chi connectivity index (χ1v) is 10.6. The smallest absolute Gasteiger partial charge is 0.203 e. The topological polar surface area (TPSA) is 92.8 Å². The number of halogens is 1. The van der Waals surface area contributed by atoms with Gasteiger partial charge in [-0.05, 0) is 50.6 Å². The zero-order valence-electron chi connectivity index (χ0n) is 14.9. The van der Waals surface area contributed by atoms with Gasteiger partial charge in [0.15, 0.2) is 9.84 Å². The third-order valence-electron chi connectivity index (χ3n) is 4.70. The molecule has 1 atom stereocenters. The number of aromatic nitrogens is 2. The summed E-state index contributed by atoms with van der Waals surface area (Å²) in [6.45, 7) is 3.60. The second-order valence-corrected chi connectivity index (χ2v) is 9.26. The molecule has 0 bridgehead atoms. The first kappa shape index (κ1) is 19.3. The third-order valence-corrected chi connectivity index (χ3v) is 6.70. The van der Waals surface area contributed by atoms with Crippen LogP contribution in [0.25, 0.3) is 6.08 Å². The number of rotatable bonds is 4. The van der Waals surface area contributed by atoms with E-state index in [0.29, 0.717) is 28.3 Å². The molecule has 1 aromatic carbocycles. The van der Waals surface area contributed by atoms with Crippen LogP contribution in [0.2, 0.25) is 5.02 Å². The highest BCUT2D eigenvalue weighted by atomic mass is 35.5. The van der Waals surface area contributed by atoms with Gasteiger partial charge in [0.25, 0.3) is 0 Å². The highest BCUT2D eigenvalue weighted by molar-refractivity contribution is 7.91. The molecule has 140 valence electrons. The summed E-state index contributed by atoms with van der Waals surface area (Å²) in [6.07, 6.45) is 2.04. The van der Waals surface area contributed by atoms with Gasteiger partial charge in [-0.2, -0.15) is 10.4 Å². The third kappa shape index (κ3) is 3.97. The SMILES string of the molecule is Cc1nn([C@@H]2CCS(=O)(=O)C2)c(C)c1/C=C(\C#N)C(=O)c1ccc(Cl)cc1. The van der Waals surface area contributed by atoms with Gasteiger partial charge in [0.1, 0.15) is 11.6 Å². The molecule has 2 heterocycles. The Morgan fingerprint density at radius 3 is 2.56 bits per heavy atom. The van der Waals surface area contributed by atoms with Crippen molar-refractivity contribution in [1.82, 2.24) is 9.78 Å². The minimum Gasteiger partial charge on any atom is -0.288 e. The second-order valence-electron chi connectivity index (χ2n) is 6.59. The highest BCUT2D eigenvalue weighted by Crippen LogP contribution is 2.28. The molecule has 27 heavy (non-hydrogen) atoms. The van der Waals surface area contributed by atoms with Crippen LogP contribution >= 0.6 is 11.6 Å². The molecule has 0 unspecified atom stereocenters. The summed E-state index contributed by atoms with van der Waals surface area (Å²) in [5.41, 5.74) is 2.41. The van der Waals surface area contributed by atoms with E-state index in [2.05, 4.69) is 5.10 Å². The highest BCUT2D eigenvalue weighted by Gasteiger charge is 2.31. The fraction of sp³-hybridized carbons (Fsp3) is 0.316. The van der Waals surface area contributed by atoms with Gasteiger partial charge in [0.2, 0.25) is 5.78 Å². The molecule has 6 nitrogen and oxygen atoms in total. The van der Waals surface area contributed by atoms with E-state index in [9.17, 15) is 18.5 Å². The number of aryl methyl sites for hydroxylation is 1. The Bertz CT molecular complexity index is 1080. The number of allylic oxidation sites excluding steroid dienone is 1. The molecule has 1 saturated heterocycles. The van der Waals surface area contributed by atoms with Gasteiger partial charge in [0, 0.05) is 21.8 Å². The second kappa shape index (κ2) is 7.29. The maximum atomic E-state index is 12.6. The molecular weight excluding hydrogens is 386 g/mol. The fourth-order valence-electron chi connectivity index (χ4n) is 3.26. The molecule has 0 amide bonds. The van der Waals surface area contributed by atoms with Crippen molar-refractivity contribution in [3.05, 3.63) is 57.4 Å². The van der Waals surface area contributed by atoms with Crippen molar-refractivity contribution in [3.63, 3.8) is 0 Å². The maximum absolute atomic E-state index is 12.6. The van der Waals surface area contributed by atoms with Crippen molar-refractivity contribution in [1.29, 1.82) is 5.26 Å². The van der Waals surface area contributed by atoms with E-state index in [4.69, 9.17) is 11.6 Å². The number of benzene rings is 1. The summed E-state index contributed by atoms with van der Waals surface area (Å²) in [5.74, 6) is -0.184. The quantitative estimate of drug-likeness (QED) is 0.443. The van der Waals surface area contributed by atoms with Gasteiger partial charge in [-0.15, -0.1) is 0 Å². The minimum atomic E-state index is -3.04. The van der Waals surface area contributed by atoms with Gasteiger partial charge < -0.3 is 0 Å². The summed E-state index contributed by atoms with van der Waals surface area (Å²) in [4.78, 5) is 12.6. The summed E-state index contributed by atoms with van der Waals surface area (Å²) in [6, 6.07) is 8.08. The molecule has 0 N–H and O–H groups in total. The van der Waals surface area contributed by atoms with Crippen LogP contribution in [-0.2, 0) is 9.84 Å². The molecule has 1 aliphatic rings. The van der Waals surface area contributed by atoms with E-state index in [-0.39, 0.29) is 23.1 Å². The van der Waals surface area contributed by atoms with Crippen molar-refractivity contribution < 1.29 is 13.2 Å². The van der Waals surface area contributed by atoms with Crippen LogP contribution in [0.3, 0.4) is 0 Å². The number of hydrogen-bond donors (Lipinski definition) is 0. The van der Waals surface area contributed by atoms with Crippen LogP contribution < -0.4 is 0 Å². The first-order chi connectivity index (χ1) is 12.7. The molecule has 0 aliphatic carbocycles. The van der Waals surface area contributed by atoms with E-state index < -0.39 is 15.6 Å². The van der Waals surface area contributed by atoms with Crippen LogP contribution in [-0.4, -0.2) is 35.5 Å². The largest absolute Gasteiger partial charge is 0.288 e. The van der Waals surface area contributed by atoms with Gasteiger partial charge in [-0.25, -0.2) is 8.42 Å². The van der Waals surface area contributed by atoms with Gasteiger partial charge in [-0.1, -0.05) is 11.6 Å². The van der Waals surface area contributed by atoms with Crippen LogP contribution in [0.4, 0.5) is 0 Å². The Morgan fingerprint density at radius 1 is 1.33 bits per heavy atom. The van der Waals surface area contributed by atoms with E-state index in [1.165, 1.54) is 6.08 Å². The standard InChI is InChI=1S/C19H18ClN3O3S/c1-12-18(13(2)23(22-12)17-7-8-27(25,26)11-17)9-15(10-21)19(24)14-3-5-16(20)6-4-14/h3-6,9,17H,7-8,11H2,1-2H3/b15-9+/t17-/m1/s1. The van der Waals surface area contributed by atoms with Crippen molar-refractivity contribution >= 4 is 33.3 Å². The molecule has 1 fully saturated rings. The number of sulfone groups is 1. The van der Waals surface area contributed by atoms with Crippen LogP contribution in [0.1, 0.15) is 39.8 Å². The molecule has 0 saturated carbocycles. The minimum absolute atomic E-state index is 0.0119. The Morgan fingerprint density at radius 2 is 2.00 bits per heavy atom. The molecule has 2 aromatic rings. The lowest BCUT2D eigenvalue weighted by molar-refractivity contribution is 0.104. The van der Waals surface area contributed by atoms with Crippen LogP contribution in [0.5, 0.6) is 0 Å². The van der Waals surface area contributed by atoms with E-state index >= 15 is 0 Å². The molecule has 0 radical (unpaired) electrons. The summed E-state index contributed by atoms with van der Waals surface area (Å²) >= 11 is 5.84. The lowest BCUT2D eigenvalue weighted by atomic mass is 10.0. The Kier molecular flexibility index (Phi) is 5.22. The first-order valence-electron chi connectivity index (χ1n) is 8.40. The normalized spacial score (nSPS) is 19.0. The van der Waals surface area contributed by atoms with Crippen LogP contribution in [0, 0.1) is 25.2 Å². The number of Topliss-reactive ketones (excluding diaryl/α,β-unsaturated/α-hetero) is 1. The average Bonchev–Trinajstić information content (AvgIpc) is 3.12. The van der Waals surface area contributed by atoms with E-state index in [1.807, 2.05) is 13.0 Å². The number of nitrogens with zero attached hydrogens (tertiary/aromatic N) is 3. The zero-order chi connectivity index (χ0) is 19.8. The lowest BCUT2D eigenvalue weighted by Crippen LogP contribution is -2.14. The monoisotopic (exact) mass is 403 g/mol. The predicted octanol–water partition coefficient (Wildman–Crippen LogP) is 3.30. The number of carbonyl (C=O) groups is 1. The van der Waals surface area contributed by atoms with Crippen LogP contribution in [0.15, 0.2) is 29.8 Å². The van der Waals surface area contributed by atoms with Gasteiger partial charge >= 0.3 is 0 Å². The van der Waals surface area contributed by atoms with Crippen molar-refractivity contribution in [3.8, 4) is 6.07 Å². The fourth-order valence-corrected chi connectivity index (χ4v) is 5.08. The van der Waals surface area contributed by atoms with Gasteiger partial charge in [-0.3, -0.25) is 9.48 Å². The predicted molar refractivity (Wildman–Crippen MR) is 103 cm³/mol. The molecule has 0 spiro atoms. The summed E-state index contributed by atoms with van der Waals surface area (Å²) in [5, 5.41) is 14.4. The average molecular weight is 404 g/mol. The number of ketones is 1. The number of nitriles is 1. The molecule has 3 rings (SSSR count). The maximum Gasteiger partial charge on any atom is 0.203 e. The van der Waals surface area contributed by atoms with E-state index in [0.717, 1.165) is 5.69 Å². The Balaban J connectivity index is 1.97. The molecule has 1 aromatic heterocycles. The summed E-state index contributed by atoms with van der Waals surface area (Å²) < 4.78 is 25.2. The van der Waals surface area contributed by atoms with Crippen molar-refractivity contribution in [2.45, 2.75) is 26.3 Å². The molecular formula is C19H18ClN3O3S. The Labute approximate surface area is 163 Å². The molecule has 8 heteroatoms. The van der Waals surface area contributed by atoms with Crippen molar-refractivity contribution in [2.75, 3.05) is 11.5 Å². The number of carbonyl (C=O) groups excluding carboxylic acids is 1. The lowest BCUT2D eigenvalue weighted by Gasteiger charge is -2.11. The zero-order valence-corrected chi connectivity index (χ0v) is 16.5. The summed E-state index contributed by atoms with van der Waals surface area (Å²) in [7, 11) is -3.04. The number of hydrogen-bond acceptors (Lipinski definition) is 5.